The quantitative estimate of drug-likeness (QED) is 0.410. The van der Waals surface area contributed by atoms with Crippen LogP contribution in [0.5, 0.6) is 0 Å². The Morgan fingerprint density at radius 1 is 1.15 bits per heavy atom. The summed E-state index contributed by atoms with van der Waals surface area (Å²) in [6, 6.07) is 0. The molecule has 2 aromatic rings. The number of fused-ring (bicyclic) bond motifs is 1. The highest BCUT2D eigenvalue weighted by Gasteiger charge is 2.07. The SMILES string of the molecule is Cl.NNc1nc2nonc2nc1N. The molecule has 2 heterocycles. The number of rotatable bonds is 1. The van der Waals surface area contributed by atoms with Gasteiger partial charge in [-0.1, -0.05) is 0 Å². The Labute approximate surface area is 78.0 Å². The smallest absolute Gasteiger partial charge is 0.245 e. The van der Waals surface area contributed by atoms with Gasteiger partial charge in [-0.25, -0.2) is 15.5 Å². The molecule has 2 aromatic heterocycles. The maximum Gasteiger partial charge on any atom is 0.245 e. The Kier molecular flexibility index (Phi) is 2.44. The van der Waals surface area contributed by atoms with Gasteiger partial charge < -0.3 is 11.2 Å². The molecule has 0 spiro atoms. The van der Waals surface area contributed by atoms with Gasteiger partial charge in [0.15, 0.2) is 11.6 Å². The average Bonchev–Trinajstić information content (AvgIpc) is 2.49. The van der Waals surface area contributed by atoms with E-state index in [0.717, 1.165) is 0 Å². The van der Waals surface area contributed by atoms with E-state index in [0.29, 0.717) is 0 Å². The molecule has 0 aliphatic carbocycles. The van der Waals surface area contributed by atoms with Crippen LogP contribution in [0.3, 0.4) is 0 Å². The van der Waals surface area contributed by atoms with Crippen LogP contribution in [0, 0.1) is 0 Å². The molecule has 2 rings (SSSR count). The minimum absolute atomic E-state index is 0. The van der Waals surface area contributed by atoms with E-state index in [1.165, 1.54) is 0 Å². The molecule has 0 radical (unpaired) electrons. The number of anilines is 2. The van der Waals surface area contributed by atoms with Crippen molar-refractivity contribution in [1.29, 1.82) is 0 Å². The van der Waals surface area contributed by atoms with Crippen molar-refractivity contribution < 1.29 is 4.63 Å². The van der Waals surface area contributed by atoms with E-state index in [-0.39, 0.29) is 35.3 Å². The highest BCUT2D eigenvalue weighted by Crippen LogP contribution is 2.13. The summed E-state index contributed by atoms with van der Waals surface area (Å²) in [7, 11) is 0. The largest absolute Gasteiger partial charge is 0.381 e. The van der Waals surface area contributed by atoms with Gasteiger partial charge in [-0.15, -0.1) is 12.4 Å². The lowest BCUT2D eigenvalue weighted by Gasteiger charge is -1.98. The third-order valence-corrected chi connectivity index (χ3v) is 1.28. The standard InChI is InChI=1S/C4H5N7O.ClH/c5-1-2(9-6)8-4-3(7-1)10-12-11-4;/h6H2,(H2,5,7,10)(H,8,9,11);1H. The van der Waals surface area contributed by atoms with Crippen molar-refractivity contribution in [3.8, 4) is 0 Å². The molecule has 0 saturated heterocycles. The second-order valence-corrected chi connectivity index (χ2v) is 2.01. The summed E-state index contributed by atoms with van der Waals surface area (Å²) in [5.41, 5.74) is 8.22. The second kappa shape index (κ2) is 3.37. The van der Waals surface area contributed by atoms with E-state index >= 15 is 0 Å². The highest BCUT2D eigenvalue weighted by atomic mass is 35.5. The Bertz CT molecular complexity index is 414. The van der Waals surface area contributed by atoms with E-state index in [1.54, 1.807) is 0 Å². The van der Waals surface area contributed by atoms with Crippen LogP contribution in [-0.4, -0.2) is 20.3 Å². The molecular formula is C4H6ClN7O. The number of nitrogens with one attached hydrogen (secondary N) is 1. The molecular weight excluding hydrogens is 198 g/mol. The first kappa shape index (κ1) is 9.42. The lowest BCUT2D eigenvalue weighted by Crippen LogP contribution is -2.12. The zero-order valence-electron chi connectivity index (χ0n) is 6.26. The van der Waals surface area contributed by atoms with Crippen molar-refractivity contribution >= 4 is 35.3 Å². The minimum Gasteiger partial charge on any atom is -0.381 e. The van der Waals surface area contributed by atoms with Gasteiger partial charge in [-0.3, -0.25) is 0 Å². The molecule has 70 valence electrons. The summed E-state index contributed by atoms with van der Waals surface area (Å²) in [6.45, 7) is 0. The molecule has 0 fully saturated rings. The predicted molar refractivity (Wildman–Crippen MR) is 46.9 cm³/mol. The molecule has 8 nitrogen and oxygen atoms in total. The maximum absolute atomic E-state index is 5.43. The summed E-state index contributed by atoms with van der Waals surface area (Å²) in [4.78, 5) is 7.67. The number of aromatic nitrogens is 4. The minimum atomic E-state index is 0. The molecule has 9 heteroatoms. The van der Waals surface area contributed by atoms with Crippen LogP contribution < -0.4 is 17.0 Å². The number of hydrazine groups is 1. The maximum atomic E-state index is 5.43. The van der Waals surface area contributed by atoms with Crippen LogP contribution in [0.1, 0.15) is 0 Å². The molecule has 0 saturated carbocycles. The molecule has 13 heavy (non-hydrogen) atoms. The van der Waals surface area contributed by atoms with Crippen LogP contribution in [0.15, 0.2) is 4.63 Å². The summed E-state index contributed by atoms with van der Waals surface area (Å²) in [5, 5.41) is 6.90. The Morgan fingerprint density at radius 2 is 1.77 bits per heavy atom. The molecule has 0 unspecified atom stereocenters. The lowest BCUT2D eigenvalue weighted by atomic mass is 10.6. The van der Waals surface area contributed by atoms with Gasteiger partial charge in [0, 0.05) is 0 Å². The van der Waals surface area contributed by atoms with E-state index in [2.05, 4.69) is 30.3 Å². The Hall–Kier alpha value is -1.67. The molecule has 0 aliphatic rings. The van der Waals surface area contributed by atoms with Crippen molar-refractivity contribution in [3.63, 3.8) is 0 Å². The Morgan fingerprint density at radius 3 is 2.38 bits per heavy atom. The first-order valence-electron chi connectivity index (χ1n) is 3.03. The van der Waals surface area contributed by atoms with Crippen molar-refractivity contribution in [2.75, 3.05) is 11.2 Å². The van der Waals surface area contributed by atoms with Crippen molar-refractivity contribution in [2.24, 2.45) is 5.84 Å². The molecule has 0 aromatic carbocycles. The monoisotopic (exact) mass is 203 g/mol. The van der Waals surface area contributed by atoms with Gasteiger partial charge >= 0.3 is 0 Å². The predicted octanol–water partition coefficient (Wildman–Crippen LogP) is -0.698. The first-order valence-corrected chi connectivity index (χ1v) is 3.03. The van der Waals surface area contributed by atoms with Crippen LogP contribution in [-0.2, 0) is 0 Å². The van der Waals surface area contributed by atoms with Crippen molar-refractivity contribution in [3.05, 3.63) is 0 Å². The molecule has 0 atom stereocenters. The zero-order valence-corrected chi connectivity index (χ0v) is 7.08. The molecule has 5 N–H and O–H groups in total. The van der Waals surface area contributed by atoms with Gasteiger partial charge in [0.25, 0.3) is 0 Å². The number of hydrogen-bond donors (Lipinski definition) is 3. The third kappa shape index (κ3) is 1.44. The number of nitrogens with zero attached hydrogens (tertiary/aromatic N) is 4. The van der Waals surface area contributed by atoms with Crippen LogP contribution in [0.25, 0.3) is 11.3 Å². The van der Waals surface area contributed by atoms with Crippen LogP contribution >= 0.6 is 12.4 Å². The van der Waals surface area contributed by atoms with Crippen LogP contribution in [0.2, 0.25) is 0 Å². The number of nitrogen functional groups attached to an aromatic ring is 2. The highest BCUT2D eigenvalue weighted by molar-refractivity contribution is 5.85. The van der Waals surface area contributed by atoms with Crippen LogP contribution in [0.4, 0.5) is 11.6 Å². The lowest BCUT2D eigenvalue weighted by molar-refractivity contribution is 0.314. The second-order valence-electron chi connectivity index (χ2n) is 2.01. The summed E-state index contributed by atoms with van der Waals surface area (Å²) < 4.78 is 4.37. The first-order chi connectivity index (χ1) is 5.81. The van der Waals surface area contributed by atoms with Gasteiger partial charge in [0.05, 0.1) is 0 Å². The Balaban J connectivity index is 0.000000845. The van der Waals surface area contributed by atoms with E-state index < -0.39 is 0 Å². The molecule has 0 amide bonds. The van der Waals surface area contributed by atoms with Crippen molar-refractivity contribution in [2.45, 2.75) is 0 Å². The fourth-order valence-corrected chi connectivity index (χ4v) is 0.757. The molecule has 0 bridgehead atoms. The van der Waals surface area contributed by atoms with Crippen molar-refractivity contribution in [1.82, 2.24) is 20.3 Å². The summed E-state index contributed by atoms with van der Waals surface area (Å²) in [5.74, 6) is 5.50. The third-order valence-electron chi connectivity index (χ3n) is 1.28. The van der Waals surface area contributed by atoms with E-state index in [4.69, 9.17) is 11.6 Å². The van der Waals surface area contributed by atoms with E-state index in [9.17, 15) is 0 Å². The fourth-order valence-electron chi connectivity index (χ4n) is 0.757. The van der Waals surface area contributed by atoms with Gasteiger partial charge in [0.1, 0.15) is 0 Å². The number of nitrogens with two attached hydrogens (primary N) is 2. The number of hydrogen-bond acceptors (Lipinski definition) is 8. The fraction of sp³-hybridized carbons (Fsp3) is 0. The van der Waals surface area contributed by atoms with E-state index in [1.807, 2.05) is 0 Å². The van der Waals surface area contributed by atoms with Gasteiger partial charge in [-0.05, 0) is 10.3 Å². The van der Waals surface area contributed by atoms with Gasteiger partial charge in [0.2, 0.25) is 11.3 Å². The van der Waals surface area contributed by atoms with Gasteiger partial charge in [-0.2, -0.15) is 4.98 Å². The molecule has 0 aliphatic heterocycles. The summed E-state index contributed by atoms with van der Waals surface area (Å²) >= 11 is 0. The summed E-state index contributed by atoms with van der Waals surface area (Å²) in [6.07, 6.45) is 0. The normalized spacial score (nSPS) is 9.62. The number of halogens is 1. The zero-order chi connectivity index (χ0) is 8.55. The topological polar surface area (TPSA) is 129 Å². The average molecular weight is 204 g/mol.